The van der Waals surface area contributed by atoms with Gasteiger partial charge in [0.2, 0.25) is 0 Å². The van der Waals surface area contributed by atoms with Gasteiger partial charge in [-0.25, -0.2) is 0 Å². The lowest BCUT2D eigenvalue weighted by Gasteiger charge is -2.07. The largest absolute Gasteiger partial charge is 0.192 e. The summed E-state index contributed by atoms with van der Waals surface area (Å²) in [7, 11) is 0. The molecule has 0 saturated carbocycles. The van der Waals surface area contributed by atoms with Gasteiger partial charge in [0.1, 0.15) is 0 Å². The predicted octanol–water partition coefficient (Wildman–Crippen LogP) is 5.17. The Morgan fingerprint density at radius 3 is 2.17 bits per heavy atom. The molecule has 3 rings (SSSR count). The van der Waals surface area contributed by atoms with E-state index in [4.69, 9.17) is 23.2 Å². The molecule has 0 aromatic heterocycles. The molecule has 18 heavy (non-hydrogen) atoms. The maximum atomic E-state index is 9.23. The molecule has 1 nitrogen and oxygen atoms in total. The van der Waals surface area contributed by atoms with Gasteiger partial charge < -0.3 is 0 Å². The van der Waals surface area contributed by atoms with Crippen LogP contribution >= 0.6 is 23.2 Å². The van der Waals surface area contributed by atoms with Crippen LogP contribution in [0.2, 0.25) is 10.0 Å². The number of benzene rings is 3. The Kier molecular flexibility index (Phi) is 2.63. The van der Waals surface area contributed by atoms with Gasteiger partial charge in [-0.05, 0) is 46.5 Å². The number of rotatable bonds is 0. The first-order chi connectivity index (χ1) is 8.69. The lowest BCUT2D eigenvalue weighted by molar-refractivity contribution is 1.51. The van der Waals surface area contributed by atoms with Gasteiger partial charge >= 0.3 is 0 Å². The number of nitriles is 1. The van der Waals surface area contributed by atoms with Crippen LogP contribution in [0.5, 0.6) is 0 Å². The lowest BCUT2D eigenvalue weighted by Crippen LogP contribution is -1.83. The minimum Gasteiger partial charge on any atom is -0.192 e. The molecule has 86 valence electrons. The van der Waals surface area contributed by atoms with Crippen LogP contribution in [0, 0.1) is 11.3 Å². The first-order valence-corrected chi connectivity index (χ1v) is 6.16. The number of halogens is 2. The van der Waals surface area contributed by atoms with Gasteiger partial charge in [0.25, 0.3) is 0 Å². The highest BCUT2D eigenvalue weighted by Crippen LogP contribution is 2.31. The fraction of sp³-hybridized carbons (Fsp3) is 0. The summed E-state index contributed by atoms with van der Waals surface area (Å²) in [6.07, 6.45) is 0. The number of fused-ring (bicyclic) bond motifs is 3. The molecule has 3 aromatic rings. The van der Waals surface area contributed by atoms with Crippen molar-refractivity contribution in [1.82, 2.24) is 0 Å². The Labute approximate surface area is 114 Å². The topological polar surface area (TPSA) is 23.8 Å². The SMILES string of the molecule is N#Cc1cc2cc(Cl)ccc2c2ccc(Cl)cc12. The van der Waals surface area contributed by atoms with Crippen molar-refractivity contribution in [3.8, 4) is 6.07 Å². The van der Waals surface area contributed by atoms with E-state index >= 15 is 0 Å². The number of hydrogen-bond donors (Lipinski definition) is 0. The Morgan fingerprint density at radius 1 is 0.778 bits per heavy atom. The van der Waals surface area contributed by atoms with Crippen molar-refractivity contribution in [3.05, 3.63) is 58.1 Å². The highest BCUT2D eigenvalue weighted by atomic mass is 35.5. The van der Waals surface area contributed by atoms with Crippen LogP contribution in [0.25, 0.3) is 21.5 Å². The lowest BCUT2D eigenvalue weighted by atomic mass is 9.98. The third-order valence-electron chi connectivity index (χ3n) is 3.00. The molecule has 0 radical (unpaired) electrons. The van der Waals surface area contributed by atoms with Gasteiger partial charge in [0.15, 0.2) is 0 Å². The van der Waals surface area contributed by atoms with E-state index in [9.17, 15) is 5.26 Å². The van der Waals surface area contributed by atoms with Crippen LogP contribution in [0.15, 0.2) is 42.5 Å². The number of hydrogen-bond acceptors (Lipinski definition) is 1. The molecule has 0 spiro atoms. The zero-order valence-corrected chi connectivity index (χ0v) is 10.8. The van der Waals surface area contributed by atoms with Crippen molar-refractivity contribution in [1.29, 1.82) is 5.26 Å². The molecule has 0 atom stereocenters. The second-order valence-corrected chi connectivity index (χ2v) is 4.96. The third kappa shape index (κ3) is 1.71. The number of nitrogens with zero attached hydrogens (tertiary/aromatic N) is 1. The molecule has 0 aliphatic rings. The summed E-state index contributed by atoms with van der Waals surface area (Å²) in [5.41, 5.74) is 0.613. The maximum absolute atomic E-state index is 9.23. The third-order valence-corrected chi connectivity index (χ3v) is 3.47. The van der Waals surface area contributed by atoms with Crippen LogP contribution in [0.1, 0.15) is 5.56 Å². The summed E-state index contributed by atoms with van der Waals surface area (Å²) in [5.74, 6) is 0. The van der Waals surface area contributed by atoms with Crippen molar-refractivity contribution >= 4 is 44.7 Å². The smallest absolute Gasteiger partial charge is 0.0998 e. The van der Waals surface area contributed by atoms with Crippen LogP contribution in [0.3, 0.4) is 0 Å². The van der Waals surface area contributed by atoms with E-state index in [1.165, 1.54) is 0 Å². The quantitative estimate of drug-likeness (QED) is 0.518. The van der Waals surface area contributed by atoms with Gasteiger partial charge in [-0.2, -0.15) is 5.26 Å². The Bertz CT molecular complexity index is 816. The zero-order valence-electron chi connectivity index (χ0n) is 9.24. The summed E-state index contributed by atoms with van der Waals surface area (Å²) >= 11 is 12.0. The highest BCUT2D eigenvalue weighted by molar-refractivity contribution is 6.32. The zero-order chi connectivity index (χ0) is 12.7. The summed E-state index contributed by atoms with van der Waals surface area (Å²) in [5, 5.41) is 14.5. The molecule has 3 aromatic carbocycles. The van der Waals surface area contributed by atoms with E-state index in [1.807, 2.05) is 42.5 Å². The highest BCUT2D eigenvalue weighted by Gasteiger charge is 2.07. The minimum atomic E-state index is 0.613. The Morgan fingerprint density at radius 2 is 1.44 bits per heavy atom. The van der Waals surface area contributed by atoms with Crippen LogP contribution in [0.4, 0.5) is 0 Å². The molecule has 0 fully saturated rings. The molecule has 3 heteroatoms. The molecule has 0 aliphatic heterocycles. The van der Waals surface area contributed by atoms with Crippen molar-refractivity contribution in [2.45, 2.75) is 0 Å². The van der Waals surface area contributed by atoms with Crippen molar-refractivity contribution < 1.29 is 0 Å². The summed E-state index contributed by atoms with van der Waals surface area (Å²) in [4.78, 5) is 0. The second kappa shape index (κ2) is 4.17. The van der Waals surface area contributed by atoms with Gasteiger partial charge in [-0.1, -0.05) is 35.3 Å². The van der Waals surface area contributed by atoms with Gasteiger partial charge in [0.05, 0.1) is 11.6 Å². The van der Waals surface area contributed by atoms with E-state index in [0.717, 1.165) is 21.5 Å². The first-order valence-electron chi connectivity index (χ1n) is 5.40. The molecule has 0 N–H and O–H groups in total. The normalized spacial score (nSPS) is 10.7. The van der Waals surface area contributed by atoms with Crippen molar-refractivity contribution in [3.63, 3.8) is 0 Å². The molecule has 0 unspecified atom stereocenters. The van der Waals surface area contributed by atoms with Crippen LogP contribution in [-0.4, -0.2) is 0 Å². The van der Waals surface area contributed by atoms with Crippen molar-refractivity contribution in [2.75, 3.05) is 0 Å². The van der Waals surface area contributed by atoms with E-state index in [2.05, 4.69) is 6.07 Å². The van der Waals surface area contributed by atoms with Crippen LogP contribution < -0.4 is 0 Å². The summed E-state index contributed by atoms with van der Waals surface area (Å²) in [6, 6.07) is 15.3. The first kappa shape index (κ1) is 11.3. The molecule has 0 heterocycles. The molecule has 0 saturated heterocycles. The maximum Gasteiger partial charge on any atom is 0.0998 e. The average molecular weight is 272 g/mol. The van der Waals surface area contributed by atoms with Gasteiger partial charge in [-0.3, -0.25) is 0 Å². The Balaban J connectivity index is 2.58. The van der Waals surface area contributed by atoms with Gasteiger partial charge in [-0.15, -0.1) is 0 Å². The second-order valence-electron chi connectivity index (χ2n) is 4.09. The van der Waals surface area contributed by atoms with Crippen molar-refractivity contribution in [2.24, 2.45) is 0 Å². The fourth-order valence-electron chi connectivity index (χ4n) is 2.20. The standard InChI is InChI=1S/C15H7Cl2N/c16-11-1-3-13-9(6-11)5-10(8-18)15-7-12(17)2-4-14(13)15/h1-7H. The summed E-state index contributed by atoms with van der Waals surface area (Å²) in [6.45, 7) is 0. The molecule has 0 amide bonds. The Hall–Kier alpha value is -1.75. The van der Waals surface area contributed by atoms with E-state index < -0.39 is 0 Å². The molecule has 0 bridgehead atoms. The summed E-state index contributed by atoms with van der Waals surface area (Å²) < 4.78 is 0. The van der Waals surface area contributed by atoms with Crippen LogP contribution in [-0.2, 0) is 0 Å². The minimum absolute atomic E-state index is 0.613. The molecular weight excluding hydrogens is 265 g/mol. The predicted molar refractivity (Wildman–Crippen MR) is 76.2 cm³/mol. The van der Waals surface area contributed by atoms with E-state index in [-0.39, 0.29) is 0 Å². The van der Waals surface area contributed by atoms with Gasteiger partial charge in [0, 0.05) is 15.4 Å². The monoisotopic (exact) mass is 271 g/mol. The fourth-order valence-corrected chi connectivity index (χ4v) is 2.55. The molecular formula is C15H7Cl2N. The van der Waals surface area contributed by atoms with E-state index in [1.54, 1.807) is 0 Å². The average Bonchev–Trinajstić information content (AvgIpc) is 2.37. The molecule has 0 aliphatic carbocycles. The van der Waals surface area contributed by atoms with E-state index in [0.29, 0.717) is 15.6 Å².